The molecule has 0 spiro atoms. The van der Waals surface area contributed by atoms with Crippen molar-refractivity contribution in [3.8, 4) is 0 Å². The van der Waals surface area contributed by atoms with Gasteiger partial charge in [0.2, 0.25) is 15.9 Å². The van der Waals surface area contributed by atoms with Crippen molar-refractivity contribution in [3.05, 3.63) is 41.3 Å². The summed E-state index contributed by atoms with van der Waals surface area (Å²) in [5.41, 5.74) is 1.57. The minimum Gasteiger partial charge on any atom is -0.322 e. The van der Waals surface area contributed by atoms with Crippen molar-refractivity contribution in [2.75, 3.05) is 16.8 Å². The average molecular weight is 365 g/mol. The number of primary sulfonamides is 1. The number of anilines is 2. The number of carbonyl (C=O) groups is 2. The normalized spacial score (nSPS) is 14.9. The Balaban J connectivity index is 1.70. The molecule has 0 saturated carbocycles. The molecule has 7 nitrogen and oxygen atoms in total. The maximum absolute atomic E-state index is 12.1. The van der Waals surface area contributed by atoms with Crippen LogP contribution in [0, 0.1) is 0 Å². The molecule has 24 heavy (non-hydrogen) atoms. The zero-order chi connectivity index (χ0) is 17.3. The second-order valence-electron chi connectivity index (χ2n) is 5.35. The molecule has 1 aromatic carbocycles. The number of rotatable bonds is 4. The Morgan fingerprint density at radius 3 is 2.50 bits per heavy atom. The molecule has 1 fully saturated rings. The molecule has 1 aliphatic heterocycles. The van der Waals surface area contributed by atoms with Crippen molar-refractivity contribution in [2.45, 2.75) is 17.1 Å². The van der Waals surface area contributed by atoms with Crippen LogP contribution in [0.2, 0.25) is 0 Å². The molecule has 2 amide bonds. The molecule has 2 aromatic rings. The standard InChI is InChI=1S/C15H15N3O4S2/c16-24(21,22)14-8-10(9-23-14)15(20)17-11-3-5-12(6-4-11)18-7-1-2-13(18)19/h3-6,8-9H,1-2,7H2,(H,17,20)(H2,16,21,22). The molecule has 0 atom stereocenters. The van der Waals surface area contributed by atoms with Gasteiger partial charge in [0, 0.05) is 29.7 Å². The number of thiophene rings is 1. The lowest BCUT2D eigenvalue weighted by atomic mass is 10.2. The number of amides is 2. The van der Waals surface area contributed by atoms with E-state index in [1.54, 1.807) is 29.2 Å². The van der Waals surface area contributed by atoms with E-state index in [9.17, 15) is 18.0 Å². The van der Waals surface area contributed by atoms with Gasteiger partial charge in [-0.25, -0.2) is 13.6 Å². The zero-order valence-corrected chi connectivity index (χ0v) is 14.2. The summed E-state index contributed by atoms with van der Waals surface area (Å²) in [5.74, 6) is -0.327. The number of hydrogen-bond acceptors (Lipinski definition) is 5. The Labute approximate surface area is 143 Å². The summed E-state index contributed by atoms with van der Waals surface area (Å²) in [6.07, 6.45) is 1.41. The van der Waals surface area contributed by atoms with Crippen LogP contribution in [-0.4, -0.2) is 26.8 Å². The highest BCUT2D eigenvalue weighted by molar-refractivity contribution is 7.91. The number of nitrogens with two attached hydrogens (primary N) is 1. The van der Waals surface area contributed by atoms with Crippen molar-refractivity contribution < 1.29 is 18.0 Å². The molecule has 1 saturated heterocycles. The summed E-state index contributed by atoms with van der Waals surface area (Å²) < 4.78 is 22.4. The summed E-state index contributed by atoms with van der Waals surface area (Å²) >= 11 is 0.897. The zero-order valence-electron chi connectivity index (χ0n) is 12.6. The van der Waals surface area contributed by atoms with Crippen LogP contribution < -0.4 is 15.4 Å². The fourth-order valence-electron chi connectivity index (χ4n) is 2.43. The molecule has 9 heteroatoms. The first-order valence-electron chi connectivity index (χ1n) is 7.18. The van der Waals surface area contributed by atoms with Crippen LogP contribution >= 0.6 is 11.3 Å². The lowest BCUT2D eigenvalue weighted by Crippen LogP contribution is -2.23. The van der Waals surface area contributed by atoms with Gasteiger partial charge in [-0.2, -0.15) is 0 Å². The van der Waals surface area contributed by atoms with Gasteiger partial charge in [-0.05, 0) is 36.8 Å². The fraction of sp³-hybridized carbons (Fsp3) is 0.200. The molecule has 3 rings (SSSR count). The van der Waals surface area contributed by atoms with Gasteiger partial charge in [-0.15, -0.1) is 11.3 Å². The first kappa shape index (κ1) is 16.6. The van der Waals surface area contributed by atoms with E-state index in [2.05, 4.69) is 5.32 Å². The van der Waals surface area contributed by atoms with E-state index in [4.69, 9.17) is 5.14 Å². The van der Waals surface area contributed by atoms with Crippen molar-refractivity contribution in [1.82, 2.24) is 0 Å². The molecule has 3 N–H and O–H groups in total. The number of nitrogens with one attached hydrogen (secondary N) is 1. The molecule has 0 aliphatic carbocycles. The summed E-state index contributed by atoms with van der Waals surface area (Å²) in [5, 5.41) is 9.15. The molecule has 0 bridgehead atoms. The maximum atomic E-state index is 12.1. The van der Waals surface area contributed by atoms with Gasteiger partial charge in [-0.3, -0.25) is 9.59 Å². The van der Waals surface area contributed by atoms with Gasteiger partial charge >= 0.3 is 0 Å². The summed E-state index contributed by atoms with van der Waals surface area (Å²) in [7, 11) is -3.81. The minimum atomic E-state index is -3.81. The van der Waals surface area contributed by atoms with Crippen LogP contribution in [0.25, 0.3) is 0 Å². The van der Waals surface area contributed by atoms with Crippen LogP contribution in [0.1, 0.15) is 23.2 Å². The molecule has 0 unspecified atom stereocenters. The SMILES string of the molecule is NS(=O)(=O)c1cc(C(=O)Nc2ccc(N3CCCC3=O)cc2)cs1. The van der Waals surface area contributed by atoms with Crippen LogP contribution in [0.4, 0.5) is 11.4 Å². The predicted octanol–water partition coefficient (Wildman–Crippen LogP) is 1.77. The second kappa shape index (κ2) is 6.34. The molecule has 1 aliphatic rings. The molecular weight excluding hydrogens is 350 g/mol. The van der Waals surface area contributed by atoms with Crippen LogP contribution in [0.3, 0.4) is 0 Å². The van der Waals surface area contributed by atoms with E-state index in [-0.39, 0.29) is 15.7 Å². The number of sulfonamides is 1. The third kappa shape index (κ3) is 3.48. The highest BCUT2D eigenvalue weighted by Gasteiger charge is 2.21. The van der Waals surface area contributed by atoms with E-state index in [1.165, 1.54) is 11.4 Å². The van der Waals surface area contributed by atoms with Gasteiger partial charge in [0.15, 0.2) is 0 Å². The van der Waals surface area contributed by atoms with Crippen molar-refractivity contribution in [1.29, 1.82) is 0 Å². The van der Waals surface area contributed by atoms with Gasteiger partial charge < -0.3 is 10.2 Å². The topological polar surface area (TPSA) is 110 Å². The Morgan fingerprint density at radius 2 is 1.96 bits per heavy atom. The highest BCUT2D eigenvalue weighted by atomic mass is 32.2. The molecule has 1 aromatic heterocycles. The van der Waals surface area contributed by atoms with Crippen LogP contribution in [0.5, 0.6) is 0 Å². The lowest BCUT2D eigenvalue weighted by Gasteiger charge is -2.16. The maximum Gasteiger partial charge on any atom is 0.256 e. The first-order chi connectivity index (χ1) is 11.3. The third-order valence-corrected chi connectivity index (χ3v) is 6.01. The highest BCUT2D eigenvalue weighted by Crippen LogP contribution is 2.24. The molecule has 2 heterocycles. The number of nitrogens with zero attached hydrogens (tertiary/aromatic N) is 1. The van der Waals surface area contributed by atoms with Gasteiger partial charge in [0.05, 0.1) is 5.56 Å². The largest absolute Gasteiger partial charge is 0.322 e. The Hall–Kier alpha value is -2.23. The average Bonchev–Trinajstić information content (AvgIpc) is 3.16. The quantitative estimate of drug-likeness (QED) is 0.860. The van der Waals surface area contributed by atoms with Gasteiger partial charge in [0.1, 0.15) is 4.21 Å². The van der Waals surface area contributed by atoms with Crippen molar-refractivity contribution in [3.63, 3.8) is 0 Å². The van der Waals surface area contributed by atoms with Crippen LogP contribution in [0.15, 0.2) is 39.9 Å². The lowest BCUT2D eigenvalue weighted by molar-refractivity contribution is -0.117. The summed E-state index contributed by atoms with van der Waals surface area (Å²) in [6, 6.07) is 8.18. The molecular formula is C15H15N3O4S2. The number of carbonyl (C=O) groups excluding carboxylic acids is 2. The van der Waals surface area contributed by atoms with Gasteiger partial charge in [0.25, 0.3) is 5.91 Å². The first-order valence-corrected chi connectivity index (χ1v) is 9.60. The Kier molecular flexibility index (Phi) is 4.39. The number of hydrogen-bond donors (Lipinski definition) is 2. The molecule has 126 valence electrons. The van der Waals surface area contributed by atoms with Crippen LogP contribution in [-0.2, 0) is 14.8 Å². The second-order valence-corrected chi connectivity index (χ2v) is 8.05. The molecule has 0 radical (unpaired) electrons. The third-order valence-electron chi connectivity index (χ3n) is 3.63. The van der Waals surface area contributed by atoms with Crippen molar-refractivity contribution in [2.24, 2.45) is 5.14 Å². The van der Waals surface area contributed by atoms with E-state index in [1.807, 2.05) is 0 Å². The Bertz CT molecular complexity index is 888. The predicted molar refractivity (Wildman–Crippen MR) is 91.7 cm³/mol. The summed E-state index contributed by atoms with van der Waals surface area (Å²) in [6.45, 7) is 0.704. The van der Waals surface area contributed by atoms with E-state index in [0.29, 0.717) is 18.7 Å². The summed E-state index contributed by atoms with van der Waals surface area (Å²) in [4.78, 5) is 25.6. The monoisotopic (exact) mass is 365 g/mol. The smallest absolute Gasteiger partial charge is 0.256 e. The van der Waals surface area contributed by atoms with Crippen molar-refractivity contribution >= 4 is 44.5 Å². The number of benzene rings is 1. The van der Waals surface area contributed by atoms with E-state index in [0.717, 1.165) is 23.4 Å². The Morgan fingerprint density at radius 1 is 1.25 bits per heavy atom. The van der Waals surface area contributed by atoms with E-state index < -0.39 is 15.9 Å². The fourth-order valence-corrected chi connectivity index (χ4v) is 4.02. The van der Waals surface area contributed by atoms with E-state index >= 15 is 0 Å². The minimum absolute atomic E-state index is 0.0597. The van der Waals surface area contributed by atoms with Gasteiger partial charge in [-0.1, -0.05) is 0 Å².